The summed E-state index contributed by atoms with van der Waals surface area (Å²) in [6, 6.07) is 0. The first-order chi connectivity index (χ1) is 5.17. The Balaban J connectivity index is 4.95. The van der Waals surface area contributed by atoms with E-state index in [-0.39, 0.29) is 0 Å². The van der Waals surface area contributed by atoms with E-state index in [0.717, 1.165) is 11.1 Å². The van der Waals surface area contributed by atoms with Crippen LogP contribution < -0.4 is 0 Å². The molecule has 0 aliphatic rings. The van der Waals surface area contributed by atoms with Crippen molar-refractivity contribution in [3.05, 3.63) is 35.5 Å². The van der Waals surface area contributed by atoms with Crippen LogP contribution in [0.15, 0.2) is 35.5 Å². The van der Waals surface area contributed by atoms with Gasteiger partial charge in [0.15, 0.2) is 0 Å². The van der Waals surface area contributed by atoms with Gasteiger partial charge < -0.3 is 5.41 Å². The predicted molar refractivity (Wildman–Crippen MR) is 51.1 cm³/mol. The minimum absolute atomic E-state index is 0.954. The summed E-state index contributed by atoms with van der Waals surface area (Å²) in [4.78, 5) is 0. The van der Waals surface area contributed by atoms with Crippen molar-refractivity contribution in [2.75, 3.05) is 0 Å². The molecule has 0 saturated heterocycles. The van der Waals surface area contributed by atoms with Crippen molar-refractivity contribution in [3.63, 3.8) is 0 Å². The molecule has 0 unspecified atom stereocenters. The highest BCUT2D eigenvalue weighted by Gasteiger charge is 1.96. The molecule has 0 bridgehead atoms. The van der Waals surface area contributed by atoms with E-state index in [0.29, 0.717) is 0 Å². The van der Waals surface area contributed by atoms with Gasteiger partial charge in [-0.25, -0.2) is 0 Å². The van der Waals surface area contributed by atoms with Crippen LogP contribution in [0.1, 0.15) is 20.8 Å². The fourth-order valence-corrected chi connectivity index (χ4v) is 0.866. The molecule has 0 aromatic heterocycles. The zero-order valence-corrected chi connectivity index (χ0v) is 7.44. The molecule has 0 atom stereocenters. The van der Waals surface area contributed by atoms with Crippen molar-refractivity contribution in [2.24, 2.45) is 0 Å². The highest BCUT2D eigenvalue weighted by atomic mass is 14.3. The van der Waals surface area contributed by atoms with Crippen LogP contribution >= 0.6 is 0 Å². The molecule has 0 aliphatic heterocycles. The van der Waals surface area contributed by atoms with E-state index in [2.05, 4.69) is 6.58 Å². The fourth-order valence-electron chi connectivity index (χ4n) is 0.866. The van der Waals surface area contributed by atoms with Gasteiger partial charge in [0.25, 0.3) is 0 Å². The lowest BCUT2D eigenvalue weighted by atomic mass is 10.0. The average molecular weight is 149 g/mol. The van der Waals surface area contributed by atoms with Crippen LogP contribution in [0.2, 0.25) is 0 Å². The molecule has 0 saturated carbocycles. The van der Waals surface area contributed by atoms with E-state index in [1.807, 2.05) is 26.8 Å². The summed E-state index contributed by atoms with van der Waals surface area (Å²) in [5.74, 6) is 0. The number of rotatable bonds is 3. The Labute approximate surface area is 68.6 Å². The van der Waals surface area contributed by atoms with Crippen molar-refractivity contribution in [1.82, 2.24) is 0 Å². The molecule has 0 rings (SSSR count). The van der Waals surface area contributed by atoms with Gasteiger partial charge in [0.1, 0.15) is 0 Å². The van der Waals surface area contributed by atoms with Gasteiger partial charge in [-0.2, -0.15) is 0 Å². The number of allylic oxidation sites excluding steroid dienone is 5. The first-order valence-electron chi connectivity index (χ1n) is 3.64. The predicted octanol–water partition coefficient (Wildman–Crippen LogP) is 3.10. The third kappa shape index (κ3) is 2.54. The molecular weight excluding hydrogens is 134 g/mol. The summed E-state index contributed by atoms with van der Waals surface area (Å²) in [6.45, 7) is 9.61. The van der Waals surface area contributed by atoms with Gasteiger partial charge in [-0.1, -0.05) is 18.7 Å². The normalized spacial score (nSPS) is 13.9. The lowest BCUT2D eigenvalue weighted by molar-refractivity contribution is 1.35. The van der Waals surface area contributed by atoms with E-state index in [1.165, 1.54) is 11.8 Å². The summed E-state index contributed by atoms with van der Waals surface area (Å²) in [7, 11) is 0. The standard InChI is InChI=1S/C10H15N/c1-5-8(3)10(6-2)9(4)7-11/h5-7,11H,2H2,1,3-4H3/b8-5-,10-9-,11-7?. The Morgan fingerprint density at radius 1 is 1.36 bits per heavy atom. The van der Waals surface area contributed by atoms with Crippen LogP contribution in [0.3, 0.4) is 0 Å². The van der Waals surface area contributed by atoms with Gasteiger partial charge in [-0.05, 0) is 37.5 Å². The molecule has 0 radical (unpaired) electrons. The molecule has 11 heavy (non-hydrogen) atoms. The molecule has 0 aliphatic carbocycles. The van der Waals surface area contributed by atoms with Crippen molar-refractivity contribution in [2.45, 2.75) is 20.8 Å². The molecule has 0 amide bonds. The zero-order valence-electron chi connectivity index (χ0n) is 7.44. The van der Waals surface area contributed by atoms with Crippen LogP contribution in [-0.2, 0) is 0 Å². The van der Waals surface area contributed by atoms with Gasteiger partial charge in [0, 0.05) is 6.21 Å². The first-order valence-corrected chi connectivity index (χ1v) is 3.64. The van der Waals surface area contributed by atoms with Gasteiger partial charge in [-0.15, -0.1) is 0 Å². The Bertz CT molecular complexity index is 219. The molecular formula is C10H15N. The number of nitrogens with one attached hydrogen (secondary N) is 1. The lowest BCUT2D eigenvalue weighted by Gasteiger charge is -2.03. The minimum Gasteiger partial charge on any atom is -0.308 e. The van der Waals surface area contributed by atoms with E-state index in [9.17, 15) is 0 Å². The molecule has 0 aromatic rings. The fraction of sp³-hybridized carbons (Fsp3) is 0.300. The Morgan fingerprint density at radius 3 is 2.18 bits per heavy atom. The maximum absolute atomic E-state index is 7.05. The Hall–Kier alpha value is -1.11. The molecule has 0 spiro atoms. The molecule has 60 valence electrons. The lowest BCUT2D eigenvalue weighted by Crippen LogP contribution is -1.87. The Morgan fingerprint density at radius 2 is 1.91 bits per heavy atom. The number of hydrogen-bond donors (Lipinski definition) is 1. The Kier molecular flexibility index (Phi) is 4.20. The topological polar surface area (TPSA) is 23.9 Å². The zero-order chi connectivity index (χ0) is 8.85. The molecule has 1 N–H and O–H groups in total. The molecule has 0 aromatic carbocycles. The summed E-state index contributed by atoms with van der Waals surface area (Å²) in [5, 5.41) is 7.05. The second-order valence-corrected chi connectivity index (χ2v) is 2.42. The van der Waals surface area contributed by atoms with Gasteiger partial charge >= 0.3 is 0 Å². The van der Waals surface area contributed by atoms with Crippen LogP contribution in [0.5, 0.6) is 0 Å². The van der Waals surface area contributed by atoms with Gasteiger partial charge in [0.05, 0.1) is 0 Å². The summed E-state index contributed by atoms with van der Waals surface area (Å²) >= 11 is 0. The average Bonchev–Trinajstić information content (AvgIpc) is 2.05. The highest BCUT2D eigenvalue weighted by Crippen LogP contribution is 2.13. The quantitative estimate of drug-likeness (QED) is 0.471. The molecule has 0 heterocycles. The SMILES string of the molecule is C=CC(/C(C)=C\C)=C(\C)C=N. The number of hydrogen-bond acceptors (Lipinski definition) is 1. The monoisotopic (exact) mass is 149 g/mol. The van der Waals surface area contributed by atoms with Crippen molar-refractivity contribution < 1.29 is 0 Å². The molecule has 0 fully saturated rings. The van der Waals surface area contributed by atoms with Crippen molar-refractivity contribution >= 4 is 6.21 Å². The molecule has 1 nitrogen and oxygen atoms in total. The van der Waals surface area contributed by atoms with E-state index in [1.54, 1.807) is 6.08 Å². The smallest absolute Gasteiger partial charge is 0.0213 e. The maximum Gasteiger partial charge on any atom is 0.0213 e. The van der Waals surface area contributed by atoms with Crippen LogP contribution in [0.4, 0.5) is 0 Å². The highest BCUT2D eigenvalue weighted by molar-refractivity contribution is 5.78. The van der Waals surface area contributed by atoms with Crippen LogP contribution in [-0.4, -0.2) is 6.21 Å². The van der Waals surface area contributed by atoms with Crippen molar-refractivity contribution in [1.29, 1.82) is 5.41 Å². The van der Waals surface area contributed by atoms with Crippen LogP contribution in [0, 0.1) is 5.41 Å². The molecule has 1 heteroatoms. The van der Waals surface area contributed by atoms with Crippen LogP contribution in [0.25, 0.3) is 0 Å². The first kappa shape index (κ1) is 9.89. The second kappa shape index (κ2) is 4.67. The summed E-state index contributed by atoms with van der Waals surface area (Å²) in [6.07, 6.45) is 5.16. The van der Waals surface area contributed by atoms with Gasteiger partial charge in [0.2, 0.25) is 0 Å². The summed E-state index contributed by atoms with van der Waals surface area (Å²) in [5.41, 5.74) is 3.18. The summed E-state index contributed by atoms with van der Waals surface area (Å²) < 4.78 is 0. The van der Waals surface area contributed by atoms with E-state index in [4.69, 9.17) is 5.41 Å². The van der Waals surface area contributed by atoms with E-state index >= 15 is 0 Å². The van der Waals surface area contributed by atoms with Gasteiger partial charge in [-0.3, -0.25) is 0 Å². The van der Waals surface area contributed by atoms with E-state index < -0.39 is 0 Å². The second-order valence-electron chi connectivity index (χ2n) is 2.42. The van der Waals surface area contributed by atoms with Crippen molar-refractivity contribution in [3.8, 4) is 0 Å². The largest absolute Gasteiger partial charge is 0.308 e. The third-order valence-electron chi connectivity index (χ3n) is 1.70. The minimum atomic E-state index is 0.954. The maximum atomic E-state index is 7.05. The third-order valence-corrected chi connectivity index (χ3v) is 1.70.